The van der Waals surface area contributed by atoms with E-state index in [1.54, 1.807) is 6.92 Å². The molecule has 6 heteroatoms. The number of amides is 1. The highest BCUT2D eigenvalue weighted by Crippen LogP contribution is 2.29. The number of hydrogen-bond donors (Lipinski definition) is 2. The molecule has 0 radical (unpaired) electrons. The lowest BCUT2D eigenvalue weighted by molar-refractivity contribution is -0.137. The van der Waals surface area contributed by atoms with E-state index in [9.17, 15) is 18.0 Å². The van der Waals surface area contributed by atoms with Gasteiger partial charge in [0.25, 0.3) is 0 Å². The highest BCUT2D eigenvalue weighted by atomic mass is 19.4. The maximum atomic E-state index is 12.5. The summed E-state index contributed by atoms with van der Waals surface area (Å²) in [6.45, 7) is 1.62. The number of aliphatic hydroxyl groups excluding tert-OH is 1. The molecule has 0 saturated heterocycles. The summed E-state index contributed by atoms with van der Waals surface area (Å²) in [5.74, 6) is -0.455. The van der Waals surface area contributed by atoms with Crippen molar-refractivity contribution in [3.63, 3.8) is 0 Å². The van der Waals surface area contributed by atoms with Crippen LogP contribution in [0.25, 0.3) is 6.08 Å². The van der Waals surface area contributed by atoms with Crippen LogP contribution in [0.15, 0.2) is 30.3 Å². The number of halogens is 3. The number of rotatable bonds is 5. The fourth-order valence-corrected chi connectivity index (χ4v) is 1.52. The van der Waals surface area contributed by atoms with Crippen LogP contribution in [0, 0.1) is 0 Å². The van der Waals surface area contributed by atoms with Crippen LogP contribution in [0.1, 0.15) is 24.5 Å². The quantitative estimate of drug-likeness (QED) is 0.818. The zero-order valence-electron chi connectivity index (χ0n) is 10.9. The molecule has 1 aromatic rings. The van der Waals surface area contributed by atoms with E-state index in [1.165, 1.54) is 18.2 Å². The van der Waals surface area contributed by atoms with E-state index in [0.29, 0.717) is 6.42 Å². The third-order valence-corrected chi connectivity index (χ3v) is 2.70. The van der Waals surface area contributed by atoms with Gasteiger partial charge in [0, 0.05) is 6.08 Å². The first-order valence-corrected chi connectivity index (χ1v) is 6.13. The van der Waals surface area contributed by atoms with Crippen LogP contribution in [-0.4, -0.2) is 23.7 Å². The van der Waals surface area contributed by atoms with Crippen LogP contribution >= 0.6 is 0 Å². The molecule has 1 atom stereocenters. The van der Waals surface area contributed by atoms with Crippen molar-refractivity contribution in [3.05, 3.63) is 41.5 Å². The SMILES string of the molecule is CCC(CO)NC(=O)/C=C/c1cccc(C(F)(F)F)c1. The predicted molar refractivity (Wildman–Crippen MR) is 69.8 cm³/mol. The molecule has 0 aliphatic heterocycles. The topological polar surface area (TPSA) is 49.3 Å². The average molecular weight is 287 g/mol. The molecular weight excluding hydrogens is 271 g/mol. The Morgan fingerprint density at radius 2 is 2.15 bits per heavy atom. The van der Waals surface area contributed by atoms with Gasteiger partial charge in [-0.2, -0.15) is 13.2 Å². The fourth-order valence-electron chi connectivity index (χ4n) is 1.52. The minimum absolute atomic E-state index is 0.181. The third kappa shape index (κ3) is 5.05. The fraction of sp³-hybridized carbons (Fsp3) is 0.357. The van der Waals surface area contributed by atoms with Gasteiger partial charge in [-0.25, -0.2) is 0 Å². The molecule has 2 N–H and O–H groups in total. The van der Waals surface area contributed by atoms with Crippen LogP contribution in [-0.2, 0) is 11.0 Å². The van der Waals surface area contributed by atoms with Crippen molar-refractivity contribution in [3.8, 4) is 0 Å². The molecule has 0 aliphatic carbocycles. The van der Waals surface area contributed by atoms with E-state index >= 15 is 0 Å². The van der Waals surface area contributed by atoms with Crippen molar-refractivity contribution in [1.29, 1.82) is 0 Å². The second-order valence-electron chi connectivity index (χ2n) is 4.25. The van der Waals surface area contributed by atoms with Gasteiger partial charge in [-0.3, -0.25) is 4.79 Å². The van der Waals surface area contributed by atoms with Crippen LogP contribution < -0.4 is 5.32 Å². The van der Waals surface area contributed by atoms with E-state index in [0.717, 1.165) is 18.2 Å². The Labute approximate surface area is 115 Å². The average Bonchev–Trinajstić information content (AvgIpc) is 2.42. The van der Waals surface area contributed by atoms with Crippen molar-refractivity contribution in [1.82, 2.24) is 5.32 Å². The van der Waals surface area contributed by atoms with Crippen LogP contribution in [0.5, 0.6) is 0 Å². The molecule has 20 heavy (non-hydrogen) atoms. The second kappa shape index (κ2) is 7.09. The predicted octanol–water partition coefficient (Wildman–Crippen LogP) is 2.61. The summed E-state index contributed by atoms with van der Waals surface area (Å²) in [5, 5.41) is 11.5. The zero-order chi connectivity index (χ0) is 15.2. The molecule has 0 saturated carbocycles. The molecule has 0 heterocycles. The molecule has 3 nitrogen and oxygen atoms in total. The molecule has 1 aromatic carbocycles. The lowest BCUT2D eigenvalue weighted by Crippen LogP contribution is -2.35. The maximum absolute atomic E-state index is 12.5. The van der Waals surface area contributed by atoms with Crippen molar-refractivity contribution < 1.29 is 23.1 Å². The molecule has 0 aromatic heterocycles. The Morgan fingerprint density at radius 1 is 1.45 bits per heavy atom. The van der Waals surface area contributed by atoms with Gasteiger partial charge in [0.15, 0.2) is 0 Å². The molecular formula is C14H16F3NO2. The molecule has 0 fully saturated rings. The first kappa shape index (κ1) is 16.2. The van der Waals surface area contributed by atoms with Gasteiger partial charge in [-0.15, -0.1) is 0 Å². The maximum Gasteiger partial charge on any atom is 0.416 e. The number of carbonyl (C=O) groups is 1. The minimum atomic E-state index is -4.41. The summed E-state index contributed by atoms with van der Waals surface area (Å²) < 4.78 is 37.5. The first-order chi connectivity index (χ1) is 9.36. The third-order valence-electron chi connectivity index (χ3n) is 2.70. The van der Waals surface area contributed by atoms with Crippen molar-refractivity contribution in [2.75, 3.05) is 6.61 Å². The second-order valence-corrected chi connectivity index (χ2v) is 4.25. The largest absolute Gasteiger partial charge is 0.416 e. The summed E-state index contributed by atoms with van der Waals surface area (Å²) in [7, 11) is 0. The first-order valence-electron chi connectivity index (χ1n) is 6.13. The highest BCUT2D eigenvalue weighted by molar-refractivity contribution is 5.91. The number of benzene rings is 1. The lowest BCUT2D eigenvalue weighted by atomic mass is 10.1. The van der Waals surface area contributed by atoms with Crippen LogP contribution in [0.4, 0.5) is 13.2 Å². The molecule has 0 bridgehead atoms. The summed E-state index contributed by atoms with van der Waals surface area (Å²) >= 11 is 0. The lowest BCUT2D eigenvalue weighted by Gasteiger charge is -2.11. The van der Waals surface area contributed by atoms with Crippen molar-refractivity contribution in [2.24, 2.45) is 0 Å². The number of nitrogens with one attached hydrogen (secondary N) is 1. The molecule has 1 unspecified atom stereocenters. The summed E-state index contributed by atoms with van der Waals surface area (Å²) in [6.07, 6.45) is -1.39. The number of aliphatic hydroxyl groups is 1. The smallest absolute Gasteiger partial charge is 0.394 e. The Kier molecular flexibility index (Phi) is 5.76. The van der Waals surface area contributed by atoms with Crippen LogP contribution in [0.3, 0.4) is 0 Å². The van der Waals surface area contributed by atoms with E-state index in [4.69, 9.17) is 5.11 Å². The number of alkyl halides is 3. The Morgan fingerprint density at radius 3 is 2.70 bits per heavy atom. The Balaban J connectivity index is 2.73. The molecule has 1 rings (SSSR count). The van der Waals surface area contributed by atoms with Gasteiger partial charge in [0.2, 0.25) is 5.91 Å². The Hall–Kier alpha value is -1.82. The van der Waals surface area contributed by atoms with Crippen molar-refractivity contribution >= 4 is 12.0 Å². The summed E-state index contributed by atoms with van der Waals surface area (Å²) in [4.78, 5) is 11.5. The molecule has 0 aliphatic rings. The number of hydrogen-bond acceptors (Lipinski definition) is 2. The van der Waals surface area contributed by atoms with Gasteiger partial charge >= 0.3 is 6.18 Å². The van der Waals surface area contributed by atoms with E-state index in [1.807, 2.05) is 0 Å². The zero-order valence-corrected chi connectivity index (χ0v) is 10.9. The Bertz CT molecular complexity index is 480. The van der Waals surface area contributed by atoms with Crippen molar-refractivity contribution in [2.45, 2.75) is 25.6 Å². The summed E-state index contributed by atoms with van der Waals surface area (Å²) in [5.41, 5.74) is -0.478. The number of carbonyl (C=O) groups excluding carboxylic acids is 1. The summed E-state index contributed by atoms with van der Waals surface area (Å²) in [6, 6.07) is 4.34. The minimum Gasteiger partial charge on any atom is -0.394 e. The van der Waals surface area contributed by atoms with E-state index < -0.39 is 17.6 Å². The van der Waals surface area contributed by atoms with Gasteiger partial charge in [-0.1, -0.05) is 19.1 Å². The van der Waals surface area contributed by atoms with Crippen LogP contribution in [0.2, 0.25) is 0 Å². The van der Waals surface area contributed by atoms with Gasteiger partial charge in [-0.05, 0) is 30.2 Å². The van der Waals surface area contributed by atoms with Gasteiger partial charge in [0.1, 0.15) is 0 Å². The van der Waals surface area contributed by atoms with Gasteiger partial charge < -0.3 is 10.4 Å². The standard InChI is InChI=1S/C14H16F3NO2/c1-2-12(9-19)18-13(20)7-6-10-4-3-5-11(8-10)14(15,16)17/h3-8,12,19H,2,9H2,1H3,(H,18,20)/b7-6+. The monoisotopic (exact) mass is 287 g/mol. The molecule has 0 spiro atoms. The molecule has 1 amide bonds. The van der Waals surface area contributed by atoms with E-state index in [2.05, 4.69) is 5.32 Å². The molecule has 110 valence electrons. The highest BCUT2D eigenvalue weighted by Gasteiger charge is 2.30. The normalized spacial score (nSPS) is 13.4. The van der Waals surface area contributed by atoms with E-state index in [-0.39, 0.29) is 18.2 Å². The van der Waals surface area contributed by atoms with Gasteiger partial charge in [0.05, 0.1) is 18.2 Å².